The standard InChI is InChI=1S/C62H52N4O/c1-42(2)36-47-24-15-29-57-60(47)65(61-52(44-20-11-7-12-21-44)27-17-28-53(61)45-22-13-8-14-23-45)41-64(57)49-25-16-26-50(39-49)67-51-31-32-54-55-37-46(43-18-9-6-10-19-43)30-33-56(55)66(58(54)40-51)59-38-48(34-35-63-59)62(3,4)5/h6-35,37-40,42H,36H2,1-5H3/q+2/i36D2. The Bertz CT molecular complexity index is 3600. The third-order valence-corrected chi connectivity index (χ3v) is 12.5. The molecule has 0 aliphatic carbocycles. The van der Waals surface area contributed by atoms with Crippen molar-refractivity contribution in [1.82, 2.24) is 18.7 Å². The van der Waals surface area contributed by atoms with Crippen LogP contribution in [0.1, 0.15) is 48.5 Å². The number of nitrogens with zero attached hydrogens (tertiary/aromatic N) is 4. The van der Waals surface area contributed by atoms with Crippen molar-refractivity contribution in [1.29, 1.82) is 0 Å². The van der Waals surface area contributed by atoms with Crippen LogP contribution in [0.3, 0.4) is 0 Å². The summed E-state index contributed by atoms with van der Waals surface area (Å²) in [5, 5.41) is 2.24. The first-order chi connectivity index (χ1) is 33.4. The number of hydrogen-bond acceptors (Lipinski definition) is 2. The highest BCUT2D eigenvalue weighted by Crippen LogP contribution is 2.47. The van der Waals surface area contributed by atoms with Gasteiger partial charge in [-0.15, -0.1) is 0 Å². The first kappa shape index (κ1) is 39.3. The van der Waals surface area contributed by atoms with Gasteiger partial charge in [-0.25, -0.2) is 4.98 Å². The summed E-state index contributed by atoms with van der Waals surface area (Å²) in [4.78, 5) is 4.95. The second-order valence-corrected chi connectivity index (χ2v) is 18.5. The summed E-state index contributed by atoms with van der Waals surface area (Å²) in [6, 6.07) is 72.8. The van der Waals surface area contributed by atoms with E-state index in [0.717, 1.165) is 83.8 Å². The summed E-state index contributed by atoms with van der Waals surface area (Å²) in [5.41, 5.74) is 13.6. The molecule has 0 N–H and O–H groups in total. The fraction of sp³-hybridized carbons (Fsp3) is 0.129. The van der Waals surface area contributed by atoms with Crippen LogP contribution < -0.4 is 13.9 Å². The molecule has 0 bridgehead atoms. The minimum absolute atomic E-state index is 0.0606. The van der Waals surface area contributed by atoms with Gasteiger partial charge < -0.3 is 4.74 Å². The largest absolute Gasteiger partial charge is 0.503 e. The topological polar surface area (TPSA) is 33.1 Å². The van der Waals surface area contributed by atoms with Crippen molar-refractivity contribution < 1.29 is 7.48 Å². The van der Waals surface area contributed by atoms with Gasteiger partial charge in [0.25, 0.3) is 5.69 Å². The van der Waals surface area contributed by atoms with Gasteiger partial charge in [-0.3, -0.25) is 4.57 Å². The number of aromatic nitrogens is 2. The normalized spacial score (nSPS) is 13.0. The fourth-order valence-corrected chi connectivity index (χ4v) is 9.37. The minimum atomic E-state index is -1.66. The van der Waals surface area contributed by atoms with Gasteiger partial charge in [-0.05, 0) is 109 Å². The van der Waals surface area contributed by atoms with Gasteiger partial charge in [0, 0.05) is 43.5 Å². The highest BCUT2D eigenvalue weighted by molar-refractivity contribution is 6.11. The van der Waals surface area contributed by atoms with Crippen LogP contribution in [-0.4, -0.2) is 15.6 Å². The van der Waals surface area contributed by atoms with Crippen molar-refractivity contribution in [2.24, 2.45) is 5.92 Å². The minimum Gasteiger partial charge on any atom is -0.457 e. The summed E-state index contributed by atoms with van der Waals surface area (Å²) in [5.74, 6) is 1.89. The number of ether oxygens (including phenoxy) is 1. The molecule has 0 spiro atoms. The van der Waals surface area contributed by atoms with Crippen molar-refractivity contribution in [3.63, 3.8) is 0 Å². The van der Waals surface area contributed by atoms with Crippen molar-refractivity contribution >= 4 is 50.6 Å². The summed E-state index contributed by atoms with van der Waals surface area (Å²) in [7, 11) is 0. The molecule has 67 heavy (non-hydrogen) atoms. The highest BCUT2D eigenvalue weighted by atomic mass is 16.5. The lowest BCUT2D eigenvalue weighted by molar-refractivity contribution is 0.483. The number of para-hydroxylation sites is 2. The number of fused-ring (bicyclic) bond motifs is 4. The number of rotatable bonds is 10. The molecular formula is C62H52N4O+2. The van der Waals surface area contributed by atoms with Crippen LogP contribution in [0.4, 0.5) is 22.7 Å². The van der Waals surface area contributed by atoms with Crippen LogP contribution in [0.2, 0.25) is 0 Å². The van der Waals surface area contributed by atoms with Crippen molar-refractivity contribution in [3.05, 3.63) is 218 Å². The Balaban J connectivity index is 1.08. The maximum Gasteiger partial charge on any atom is 0.503 e. The predicted molar refractivity (Wildman–Crippen MR) is 279 cm³/mol. The Morgan fingerprint density at radius 3 is 1.91 bits per heavy atom. The monoisotopic (exact) mass is 870 g/mol. The zero-order chi connectivity index (χ0) is 47.4. The first-order valence-electron chi connectivity index (χ1n) is 24.1. The predicted octanol–water partition coefficient (Wildman–Crippen LogP) is 16.3. The van der Waals surface area contributed by atoms with E-state index in [9.17, 15) is 2.74 Å². The van der Waals surface area contributed by atoms with Crippen LogP contribution in [-0.2, 0) is 11.8 Å². The number of pyridine rings is 1. The first-order valence-corrected chi connectivity index (χ1v) is 23.1. The molecule has 0 amide bonds. The summed E-state index contributed by atoms with van der Waals surface area (Å²) >= 11 is 0. The smallest absolute Gasteiger partial charge is 0.457 e. The van der Waals surface area contributed by atoms with E-state index in [1.807, 2.05) is 79.2 Å². The van der Waals surface area contributed by atoms with E-state index in [4.69, 9.17) is 9.72 Å². The molecule has 1 aliphatic heterocycles. The van der Waals surface area contributed by atoms with Crippen LogP contribution in [0.15, 0.2) is 206 Å². The molecule has 0 saturated carbocycles. The average molecular weight is 871 g/mol. The summed E-state index contributed by atoms with van der Waals surface area (Å²) < 4.78 is 32.3. The quantitative estimate of drug-likeness (QED) is 0.128. The maximum atomic E-state index is 9.53. The van der Waals surface area contributed by atoms with Gasteiger partial charge in [-0.2, -0.15) is 0 Å². The maximum absolute atomic E-state index is 9.53. The van der Waals surface area contributed by atoms with Gasteiger partial charge in [0.05, 0.1) is 28.2 Å². The van der Waals surface area contributed by atoms with Crippen molar-refractivity contribution in [2.45, 2.75) is 46.4 Å². The zero-order valence-corrected chi connectivity index (χ0v) is 38.4. The molecule has 5 heteroatoms. The lowest BCUT2D eigenvalue weighted by atomic mass is 9.88. The molecule has 10 aromatic rings. The van der Waals surface area contributed by atoms with Crippen molar-refractivity contribution in [2.75, 3.05) is 0 Å². The third kappa shape index (κ3) is 7.84. The molecule has 5 nitrogen and oxygen atoms in total. The Morgan fingerprint density at radius 1 is 0.567 bits per heavy atom. The Kier molecular flexibility index (Phi) is 9.98. The lowest BCUT2D eigenvalue weighted by Crippen LogP contribution is -2.12. The zero-order valence-electron chi connectivity index (χ0n) is 40.4. The van der Waals surface area contributed by atoms with E-state index >= 15 is 0 Å². The molecular weight excluding hydrogens is 817 g/mol. The van der Waals surface area contributed by atoms with Crippen LogP contribution >= 0.6 is 0 Å². The van der Waals surface area contributed by atoms with E-state index < -0.39 is 6.37 Å². The second-order valence-electron chi connectivity index (χ2n) is 18.5. The molecule has 8 aromatic carbocycles. The molecule has 11 rings (SSSR count). The number of benzene rings is 8. The molecule has 0 unspecified atom stereocenters. The third-order valence-electron chi connectivity index (χ3n) is 12.5. The van der Waals surface area contributed by atoms with Crippen LogP contribution in [0.25, 0.3) is 61.0 Å². The van der Waals surface area contributed by atoms with Gasteiger partial charge in [0.1, 0.15) is 17.3 Å². The second kappa shape index (κ2) is 17.0. The SMILES string of the molecule is [2H]C([2H])(c1cccc2c1[N+](c1c(-c3ccccc3)cccc1-c1ccccc1)=C=[N+]2c1cccc(Oc2ccc3c4cc(-c5ccccc5)ccc4n(-c4cc(C(C)(C)C)ccn4)c3c2)c1)C(C)C. The van der Waals surface area contributed by atoms with E-state index in [-0.39, 0.29) is 11.3 Å². The van der Waals surface area contributed by atoms with Crippen molar-refractivity contribution in [3.8, 4) is 50.7 Å². The van der Waals surface area contributed by atoms with Gasteiger partial charge >= 0.3 is 11.7 Å². The van der Waals surface area contributed by atoms with E-state index in [0.29, 0.717) is 17.1 Å². The van der Waals surface area contributed by atoms with E-state index in [2.05, 4.69) is 182 Å². The van der Waals surface area contributed by atoms with E-state index in [1.165, 1.54) is 5.56 Å². The molecule has 2 aromatic heterocycles. The Labute approximate surface area is 395 Å². The van der Waals surface area contributed by atoms with E-state index in [1.54, 1.807) is 0 Å². The van der Waals surface area contributed by atoms with Gasteiger partial charge in [0.15, 0.2) is 0 Å². The molecule has 0 saturated heterocycles. The summed E-state index contributed by atoms with van der Waals surface area (Å²) in [6.07, 6.45) is 0.251. The average Bonchev–Trinajstić information content (AvgIpc) is 3.92. The molecule has 324 valence electrons. The Morgan fingerprint density at radius 2 is 1.22 bits per heavy atom. The Hall–Kier alpha value is -8.11. The molecule has 0 radical (unpaired) electrons. The summed E-state index contributed by atoms with van der Waals surface area (Å²) in [6.45, 7) is 10.6. The molecule has 0 atom stereocenters. The lowest BCUT2D eigenvalue weighted by Gasteiger charge is -2.20. The molecule has 3 heterocycles. The fourth-order valence-electron chi connectivity index (χ4n) is 9.37. The van der Waals surface area contributed by atoms with Crippen LogP contribution in [0, 0.1) is 5.92 Å². The highest BCUT2D eigenvalue weighted by Gasteiger charge is 2.41. The number of hydrogen-bond donors (Lipinski definition) is 0. The molecule has 1 aliphatic rings. The van der Waals surface area contributed by atoms with Crippen LogP contribution in [0.5, 0.6) is 11.5 Å². The molecule has 0 fully saturated rings. The van der Waals surface area contributed by atoms with Gasteiger partial charge in [0.2, 0.25) is 11.4 Å². The van der Waals surface area contributed by atoms with Gasteiger partial charge in [-0.1, -0.05) is 156 Å².